The number of oxime groups is 1. The first-order valence-corrected chi connectivity index (χ1v) is 12.4. The third-order valence-corrected chi connectivity index (χ3v) is 7.61. The van der Waals surface area contributed by atoms with Crippen LogP contribution in [-0.4, -0.2) is 80.9 Å². The number of phenolic OH excluding ortho intramolecular Hbond substituents is 1. The van der Waals surface area contributed by atoms with E-state index >= 15 is 0 Å². The number of primary amides is 1. The van der Waals surface area contributed by atoms with Gasteiger partial charge in [-0.05, 0) is 63.4 Å². The van der Waals surface area contributed by atoms with E-state index in [1.807, 2.05) is 13.8 Å². The number of allylic oxidation sites excluding steroid dienone is 1. The lowest BCUT2D eigenvalue weighted by molar-refractivity contribution is -0.148. The molecule has 0 aromatic heterocycles. The molecule has 38 heavy (non-hydrogen) atoms. The van der Waals surface area contributed by atoms with Gasteiger partial charge in [0.1, 0.15) is 29.4 Å². The number of phenols is 1. The molecule has 11 heteroatoms. The summed E-state index contributed by atoms with van der Waals surface area (Å²) in [6.07, 6.45) is 0.191. The van der Waals surface area contributed by atoms with Gasteiger partial charge in [-0.15, -0.1) is 0 Å². The Labute approximate surface area is 219 Å². The number of nitrogens with zero attached hydrogens (tertiary/aromatic N) is 2. The van der Waals surface area contributed by atoms with Gasteiger partial charge in [-0.1, -0.05) is 19.0 Å². The Balaban J connectivity index is 1.88. The van der Waals surface area contributed by atoms with Crippen LogP contribution in [-0.2, 0) is 20.8 Å². The van der Waals surface area contributed by atoms with Crippen LogP contribution in [0, 0.1) is 17.8 Å². The maximum atomic E-state index is 13.7. The van der Waals surface area contributed by atoms with Gasteiger partial charge in [-0.25, -0.2) is 0 Å². The molecule has 1 unspecified atom stereocenters. The van der Waals surface area contributed by atoms with Crippen LogP contribution >= 0.6 is 0 Å². The zero-order chi connectivity index (χ0) is 28.3. The van der Waals surface area contributed by atoms with Crippen molar-refractivity contribution >= 4 is 23.2 Å². The fourth-order valence-electron chi connectivity index (χ4n) is 5.92. The highest BCUT2D eigenvalue weighted by atomic mass is 16.6. The Kier molecular flexibility index (Phi) is 6.87. The number of fused-ring (bicyclic) bond motifs is 3. The van der Waals surface area contributed by atoms with E-state index in [1.54, 1.807) is 27.1 Å². The van der Waals surface area contributed by atoms with Crippen LogP contribution in [0.3, 0.4) is 0 Å². The third-order valence-electron chi connectivity index (χ3n) is 7.61. The first kappa shape index (κ1) is 27.3. The van der Waals surface area contributed by atoms with Crippen molar-refractivity contribution in [3.63, 3.8) is 0 Å². The molecule has 1 aromatic rings. The van der Waals surface area contributed by atoms with Crippen molar-refractivity contribution in [2.75, 3.05) is 20.7 Å². The molecule has 0 radical (unpaired) electrons. The number of aliphatic hydroxyl groups is 3. The topological polar surface area (TPSA) is 183 Å². The minimum absolute atomic E-state index is 0.0148. The largest absolute Gasteiger partial charge is 0.510 e. The molecule has 1 amide bonds. The van der Waals surface area contributed by atoms with Gasteiger partial charge >= 0.3 is 0 Å². The van der Waals surface area contributed by atoms with Crippen LogP contribution in [0.4, 0.5) is 0 Å². The van der Waals surface area contributed by atoms with E-state index in [-0.39, 0.29) is 35.6 Å². The normalized spacial score (nSPS) is 27.5. The molecule has 3 aliphatic rings. The molecule has 0 aliphatic heterocycles. The lowest BCUT2D eigenvalue weighted by Crippen LogP contribution is -2.63. The zero-order valence-corrected chi connectivity index (χ0v) is 22.0. The van der Waals surface area contributed by atoms with Gasteiger partial charge in [0, 0.05) is 17.1 Å². The van der Waals surface area contributed by atoms with Crippen LogP contribution in [0.25, 0.3) is 0 Å². The minimum atomic E-state index is -2.67. The van der Waals surface area contributed by atoms with E-state index in [2.05, 4.69) is 5.16 Å². The molecule has 0 fully saturated rings. The summed E-state index contributed by atoms with van der Waals surface area (Å²) in [5.41, 5.74) is 3.14. The summed E-state index contributed by atoms with van der Waals surface area (Å²) in [7, 11) is 3.17. The zero-order valence-electron chi connectivity index (χ0n) is 22.0. The Morgan fingerprint density at radius 2 is 1.89 bits per heavy atom. The average Bonchev–Trinajstić information content (AvgIpc) is 2.80. The number of rotatable bonds is 6. The third kappa shape index (κ3) is 3.97. The molecule has 0 saturated carbocycles. The molecule has 0 saturated heterocycles. The summed E-state index contributed by atoms with van der Waals surface area (Å²) < 4.78 is 0. The van der Waals surface area contributed by atoms with E-state index in [9.17, 15) is 34.8 Å². The molecule has 6 N–H and O–H groups in total. The summed E-state index contributed by atoms with van der Waals surface area (Å²) >= 11 is 0. The minimum Gasteiger partial charge on any atom is -0.510 e. The molecule has 0 heterocycles. The van der Waals surface area contributed by atoms with Crippen molar-refractivity contribution in [3.05, 3.63) is 51.5 Å². The first-order valence-electron chi connectivity index (χ1n) is 12.4. The molecule has 3 aliphatic carbocycles. The molecule has 4 atom stereocenters. The molecule has 204 valence electrons. The van der Waals surface area contributed by atoms with Gasteiger partial charge in [0.15, 0.2) is 11.4 Å². The van der Waals surface area contributed by atoms with E-state index in [1.165, 1.54) is 11.0 Å². The van der Waals surface area contributed by atoms with Gasteiger partial charge < -0.3 is 31.0 Å². The molecule has 1 aromatic carbocycles. The summed E-state index contributed by atoms with van der Waals surface area (Å²) in [4.78, 5) is 46.1. The van der Waals surface area contributed by atoms with Gasteiger partial charge in [-0.3, -0.25) is 19.3 Å². The van der Waals surface area contributed by atoms with Crippen molar-refractivity contribution in [2.45, 2.75) is 45.3 Å². The fraction of sp³-hybridized carbons (Fsp3) is 0.481. The van der Waals surface area contributed by atoms with E-state index < -0.39 is 58.0 Å². The number of Topliss-reactive ketones (excluding diaryl/α,β-unsaturated/α-hetero) is 2. The Hall–Kier alpha value is -3.70. The number of amides is 1. The monoisotopic (exact) mass is 527 g/mol. The number of ketones is 2. The van der Waals surface area contributed by atoms with Crippen molar-refractivity contribution in [1.82, 2.24) is 4.90 Å². The second kappa shape index (κ2) is 9.55. The molecular formula is C27H33N3O8. The van der Waals surface area contributed by atoms with Crippen LogP contribution in [0.15, 0.2) is 40.0 Å². The van der Waals surface area contributed by atoms with Gasteiger partial charge in [0.2, 0.25) is 5.78 Å². The second-order valence-corrected chi connectivity index (χ2v) is 10.8. The maximum Gasteiger partial charge on any atom is 0.255 e. The number of likely N-dealkylation sites (N-methyl/N-ethyl adjacent to an activating group) is 1. The number of carbonyl (C=O) groups is 3. The number of nitrogens with two attached hydrogens (primary N) is 1. The Morgan fingerprint density at radius 1 is 1.24 bits per heavy atom. The number of hydrogen-bond donors (Lipinski definition) is 5. The van der Waals surface area contributed by atoms with Crippen molar-refractivity contribution in [1.29, 1.82) is 0 Å². The molecule has 0 spiro atoms. The first-order chi connectivity index (χ1) is 17.7. The van der Waals surface area contributed by atoms with Crippen LogP contribution < -0.4 is 5.73 Å². The maximum absolute atomic E-state index is 13.7. The predicted molar refractivity (Wildman–Crippen MR) is 137 cm³/mol. The van der Waals surface area contributed by atoms with E-state index in [4.69, 9.17) is 10.6 Å². The average molecular weight is 528 g/mol. The quantitative estimate of drug-likeness (QED) is 0.208. The van der Waals surface area contributed by atoms with Crippen molar-refractivity contribution in [2.24, 2.45) is 28.6 Å². The number of carbonyl (C=O) groups excluding carboxylic acids is 3. The molecule has 11 nitrogen and oxygen atoms in total. The molecule has 0 bridgehead atoms. The van der Waals surface area contributed by atoms with Crippen molar-refractivity contribution in [3.8, 4) is 5.75 Å². The lowest BCUT2D eigenvalue weighted by atomic mass is 9.58. The van der Waals surface area contributed by atoms with Gasteiger partial charge in [-0.2, -0.15) is 0 Å². The SMILES string of the molecule is C/C(=N/OCC(C)C)c1ccc(O)c2c1C[C@@H]1C[C@@H]3C(N(C)C)C(O)=C(C(N)=O)C(=O)[C@]3(O)C(O)=C1C2=O. The fourth-order valence-corrected chi connectivity index (χ4v) is 5.92. The van der Waals surface area contributed by atoms with Crippen molar-refractivity contribution < 1.29 is 39.6 Å². The predicted octanol–water partition coefficient (Wildman–Crippen LogP) is 1.52. The van der Waals surface area contributed by atoms with Crippen LogP contribution in [0.2, 0.25) is 0 Å². The van der Waals surface area contributed by atoms with E-state index in [0.717, 1.165) is 0 Å². The summed E-state index contributed by atoms with van der Waals surface area (Å²) in [5.74, 6) is -6.60. The van der Waals surface area contributed by atoms with Gasteiger partial charge in [0.05, 0.1) is 17.3 Å². The van der Waals surface area contributed by atoms with Crippen LogP contribution in [0.5, 0.6) is 5.75 Å². The highest BCUT2D eigenvalue weighted by Gasteiger charge is 2.63. The lowest BCUT2D eigenvalue weighted by Gasteiger charge is -2.50. The van der Waals surface area contributed by atoms with Crippen LogP contribution in [0.1, 0.15) is 48.7 Å². The summed E-state index contributed by atoms with van der Waals surface area (Å²) in [5, 5.41) is 48.6. The number of aliphatic hydroxyl groups excluding tert-OH is 2. The molecule has 4 rings (SSSR count). The standard InChI is InChI=1S/C27H33N3O8/c1-11(2)10-38-29-12(3)14-6-7-17(31)19-15(14)8-13-9-16-21(30(4)5)23(33)20(26(28)36)25(35)27(16,37)24(34)18(13)22(19)32/h6-7,11,13,16,21,31,33-34,37H,8-10H2,1-5H3,(H2,28,36)/b29-12-/t13-,16-,21?,27-/m1/s1. The smallest absolute Gasteiger partial charge is 0.255 e. The summed E-state index contributed by atoms with van der Waals surface area (Å²) in [6, 6.07) is 1.93. The summed E-state index contributed by atoms with van der Waals surface area (Å²) in [6.45, 7) is 6.07. The Bertz CT molecular complexity index is 1330. The highest BCUT2D eigenvalue weighted by Crippen LogP contribution is 2.52. The highest BCUT2D eigenvalue weighted by molar-refractivity contribution is 6.25. The molecular weight excluding hydrogens is 494 g/mol. The Morgan fingerprint density at radius 3 is 2.47 bits per heavy atom. The van der Waals surface area contributed by atoms with Gasteiger partial charge in [0.25, 0.3) is 5.91 Å². The number of hydrogen-bond acceptors (Lipinski definition) is 10. The number of benzene rings is 1. The van der Waals surface area contributed by atoms with E-state index in [0.29, 0.717) is 23.4 Å². The number of aromatic hydroxyl groups is 1. The second-order valence-electron chi connectivity index (χ2n) is 10.8.